The molecule has 180 valence electrons. The first-order valence-electron chi connectivity index (χ1n) is 12.5. The summed E-state index contributed by atoms with van der Waals surface area (Å²) in [7, 11) is 0. The van der Waals surface area contributed by atoms with Gasteiger partial charge in [0.1, 0.15) is 0 Å². The summed E-state index contributed by atoms with van der Waals surface area (Å²) in [4.78, 5) is 21.1. The molecule has 0 aromatic carbocycles. The van der Waals surface area contributed by atoms with Crippen molar-refractivity contribution in [3.05, 3.63) is 88.8 Å². The van der Waals surface area contributed by atoms with Gasteiger partial charge in [-0.15, -0.1) is 0 Å². The summed E-state index contributed by atoms with van der Waals surface area (Å²) < 4.78 is 0. The molecule has 1 aliphatic rings. The Kier molecular flexibility index (Phi) is 8.38. The van der Waals surface area contributed by atoms with Crippen LogP contribution in [0.15, 0.2) is 55.4 Å². The Hall–Kier alpha value is -2.67. The summed E-state index contributed by atoms with van der Waals surface area (Å²) in [5, 5.41) is 0. The number of rotatable bonds is 3. The van der Waals surface area contributed by atoms with Gasteiger partial charge in [0.15, 0.2) is 0 Å². The average molecular weight is 459 g/mol. The molecule has 0 aliphatic carbocycles. The van der Waals surface area contributed by atoms with Crippen molar-refractivity contribution in [3.63, 3.8) is 0 Å². The van der Waals surface area contributed by atoms with Crippen LogP contribution in [0.25, 0.3) is 0 Å². The molecule has 0 saturated heterocycles. The van der Waals surface area contributed by atoms with Gasteiger partial charge >= 0.3 is 0 Å². The van der Waals surface area contributed by atoms with E-state index in [2.05, 4.69) is 75.5 Å². The molecule has 34 heavy (non-hydrogen) atoms. The van der Waals surface area contributed by atoms with Gasteiger partial charge in [-0.1, -0.05) is 32.0 Å². The summed E-state index contributed by atoms with van der Waals surface area (Å²) in [5.74, 6) is 0. The van der Waals surface area contributed by atoms with Crippen LogP contribution >= 0.6 is 0 Å². The monoisotopic (exact) mass is 458 g/mol. The topological polar surface area (TPSA) is 48.4 Å². The van der Waals surface area contributed by atoms with E-state index in [0.29, 0.717) is 6.04 Å². The maximum Gasteiger partial charge on any atom is 0.0313 e. The van der Waals surface area contributed by atoms with Crippen LogP contribution < -0.4 is 0 Å². The third-order valence-corrected chi connectivity index (χ3v) is 6.58. The second-order valence-electron chi connectivity index (χ2n) is 9.71. The van der Waals surface area contributed by atoms with Gasteiger partial charge in [0.25, 0.3) is 0 Å². The molecule has 3 aromatic heterocycles. The molecule has 0 radical (unpaired) electrons. The van der Waals surface area contributed by atoms with Crippen molar-refractivity contribution in [2.24, 2.45) is 0 Å². The molecule has 1 aliphatic heterocycles. The minimum absolute atomic E-state index is 0.426. The van der Waals surface area contributed by atoms with Crippen LogP contribution in [0.2, 0.25) is 0 Å². The Morgan fingerprint density at radius 2 is 0.853 bits per heavy atom. The number of aromatic nitrogens is 3. The highest BCUT2D eigenvalue weighted by atomic mass is 15.1. The van der Waals surface area contributed by atoms with Crippen molar-refractivity contribution >= 4 is 0 Å². The largest absolute Gasteiger partial charge is 0.295 e. The third kappa shape index (κ3) is 6.69. The second kappa shape index (κ2) is 11.6. The average Bonchev–Trinajstić information content (AvgIpc) is 2.83. The lowest BCUT2D eigenvalue weighted by atomic mass is 10.1. The van der Waals surface area contributed by atoms with E-state index in [9.17, 15) is 0 Å². The minimum Gasteiger partial charge on any atom is -0.295 e. The van der Waals surface area contributed by atoms with Crippen LogP contribution in [0.3, 0.4) is 0 Å². The molecule has 6 bridgehead atoms. The van der Waals surface area contributed by atoms with E-state index in [4.69, 9.17) is 0 Å². The molecule has 0 fully saturated rings. The van der Waals surface area contributed by atoms with Crippen LogP contribution in [0.5, 0.6) is 0 Å². The summed E-state index contributed by atoms with van der Waals surface area (Å²) in [6, 6.07) is 7.37. The SMILES string of the molecule is CCN1Cc2cncc(c2)CN(CC)Cc2cncc(c2)CN(C(C)C)Cc2cncc(c2)C1. The normalized spacial score (nSPS) is 16.9. The first-order chi connectivity index (χ1) is 16.5. The fourth-order valence-electron chi connectivity index (χ4n) is 4.62. The Balaban J connectivity index is 1.69. The highest BCUT2D eigenvalue weighted by Crippen LogP contribution is 2.18. The molecule has 0 atom stereocenters. The molecular formula is C28H38N6. The van der Waals surface area contributed by atoms with Gasteiger partial charge < -0.3 is 0 Å². The van der Waals surface area contributed by atoms with Crippen LogP contribution in [-0.4, -0.2) is 48.8 Å². The van der Waals surface area contributed by atoms with Gasteiger partial charge in [-0.3, -0.25) is 29.7 Å². The van der Waals surface area contributed by atoms with Gasteiger partial charge in [-0.25, -0.2) is 0 Å². The van der Waals surface area contributed by atoms with E-state index in [0.717, 1.165) is 52.4 Å². The molecule has 0 amide bonds. The summed E-state index contributed by atoms with van der Waals surface area (Å²) in [6.07, 6.45) is 12.0. The maximum atomic E-state index is 4.58. The lowest BCUT2D eigenvalue weighted by Crippen LogP contribution is -2.30. The lowest BCUT2D eigenvalue weighted by molar-refractivity contribution is 0.202. The predicted octanol–water partition coefficient (Wildman–Crippen LogP) is 4.64. The lowest BCUT2D eigenvalue weighted by Gasteiger charge is -2.27. The van der Waals surface area contributed by atoms with Crippen molar-refractivity contribution < 1.29 is 0 Å². The number of hydrogen-bond acceptors (Lipinski definition) is 6. The Morgan fingerprint density at radius 1 is 0.559 bits per heavy atom. The number of nitrogens with zero attached hydrogens (tertiary/aromatic N) is 6. The summed E-state index contributed by atoms with van der Waals surface area (Å²) in [6.45, 7) is 16.2. The zero-order valence-electron chi connectivity index (χ0n) is 21.1. The fraction of sp³-hybridized carbons (Fsp3) is 0.464. The van der Waals surface area contributed by atoms with Crippen LogP contribution in [0.4, 0.5) is 0 Å². The van der Waals surface area contributed by atoms with Gasteiger partial charge in [0.05, 0.1) is 0 Å². The molecule has 3 aromatic rings. The summed E-state index contributed by atoms with van der Waals surface area (Å²) >= 11 is 0. The summed E-state index contributed by atoms with van der Waals surface area (Å²) in [5.41, 5.74) is 7.55. The highest BCUT2D eigenvalue weighted by Gasteiger charge is 2.15. The van der Waals surface area contributed by atoms with E-state index < -0.39 is 0 Å². The van der Waals surface area contributed by atoms with Crippen molar-refractivity contribution in [1.29, 1.82) is 0 Å². The Morgan fingerprint density at radius 3 is 1.12 bits per heavy atom. The van der Waals surface area contributed by atoms with Gasteiger partial charge in [0, 0.05) is 82.5 Å². The second-order valence-corrected chi connectivity index (χ2v) is 9.71. The van der Waals surface area contributed by atoms with Gasteiger partial charge in [0.2, 0.25) is 0 Å². The zero-order valence-corrected chi connectivity index (χ0v) is 21.1. The highest BCUT2D eigenvalue weighted by molar-refractivity contribution is 5.22. The van der Waals surface area contributed by atoms with Crippen molar-refractivity contribution in [2.45, 2.75) is 73.0 Å². The third-order valence-electron chi connectivity index (χ3n) is 6.58. The van der Waals surface area contributed by atoms with E-state index >= 15 is 0 Å². The number of pyridine rings is 3. The Labute approximate surface area is 204 Å². The number of fused-ring (bicyclic) bond motifs is 6. The van der Waals surface area contributed by atoms with E-state index in [1.54, 1.807) is 0 Å². The van der Waals surface area contributed by atoms with Crippen molar-refractivity contribution in [3.8, 4) is 0 Å². The van der Waals surface area contributed by atoms with Crippen molar-refractivity contribution in [2.75, 3.05) is 13.1 Å². The van der Waals surface area contributed by atoms with E-state index in [1.165, 1.54) is 33.4 Å². The smallest absolute Gasteiger partial charge is 0.0313 e. The zero-order chi connectivity index (χ0) is 23.9. The molecule has 0 N–H and O–H groups in total. The minimum atomic E-state index is 0.426. The van der Waals surface area contributed by atoms with Gasteiger partial charge in [-0.2, -0.15) is 0 Å². The predicted molar refractivity (Wildman–Crippen MR) is 137 cm³/mol. The fourth-order valence-corrected chi connectivity index (χ4v) is 4.62. The molecule has 0 unspecified atom stereocenters. The first kappa shape index (κ1) is 24.5. The van der Waals surface area contributed by atoms with Gasteiger partial charge in [-0.05, 0) is 60.3 Å². The van der Waals surface area contributed by atoms with E-state index in [1.807, 2.05) is 37.2 Å². The standard InChI is InChI=1S/C28H38N6/c1-5-32-16-23-7-24(11-29-10-23)17-33(6-2)19-26-9-28(15-31-13-26)21-34(22(3)4)20-27-8-25(18-32)12-30-14-27/h7-15,22H,5-6,16-21H2,1-4H3. The molecule has 0 saturated carbocycles. The van der Waals surface area contributed by atoms with Crippen molar-refractivity contribution in [1.82, 2.24) is 29.7 Å². The molecule has 6 heteroatoms. The number of hydrogen-bond donors (Lipinski definition) is 0. The molecular weight excluding hydrogens is 420 g/mol. The van der Waals surface area contributed by atoms with Crippen LogP contribution in [-0.2, 0) is 39.3 Å². The molecule has 0 spiro atoms. The van der Waals surface area contributed by atoms with Crippen LogP contribution in [0.1, 0.15) is 61.1 Å². The first-order valence-corrected chi connectivity index (χ1v) is 12.5. The Bertz CT molecular complexity index is 989. The quantitative estimate of drug-likeness (QED) is 0.570. The molecule has 4 rings (SSSR count). The molecule has 6 nitrogen and oxygen atoms in total. The van der Waals surface area contributed by atoms with E-state index in [-0.39, 0.29) is 0 Å². The van der Waals surface area contributed by atoms with Crippen LogP contribution in [0, 0.1) is 0 Å². The maximum absolute atomic E-state index is 4.58. The molecule has 4 heterocycles.